The quantitative estimate of drug-likeness (QED) is 0.592. The smallest absolute Gasteiger partial charge is 0.259 e. The molecule has 0 aliphatic carbocycles. The first-order chi connectivity index (χ1) is 9.86. The lowest BCUT2D eigenvalue weighted by atomic mass is 10.0. The average molecular weight is 296 g/mol. The van der Waals surface area contributed by atoms with Crippen LogP contribution in [0.3, 0.4) is 0 Å². The van der Waals surface area contributed by atoms with Crippen molar-refractivity contribution in [3.63, 3.8) is 0 Å². The Morgan fingerprint density at radius 2 is 2.05 bits per heavy atom. The van der Waals surface area contributed by atoms with Crippen LogP contribution in [0.15, 0.2) is 18.2 Å². The summed E-state index contributed by atoms with van der Waals surface area (Å²) in [4.78, 5) is 35.8. The summed E-state index contributed by atoms with van der Waals surface area (Å²) in [5, 5.41) is 11.9. The number of halogens is 1. The molecule has 2 unspecified atom stereocenters. The zero-order valence-corrected chi connectivity index (χ0v) is 11.3. The summed E-state index contributed by atoms with van der Waals surface area (Å²) in [6, 6.07) is 3.68. The minimum Gasteiger partial charge on any atom is -0.494 e. The van der Waals surface area contributed by atoms with Gasteiger partial charge in [0, 0.05) is 18.8 Å². The van der Waals surface area contributed by atoms with Gasteiger partial charge >= 0.3 is 0 Å². The number of hydrogen-bond acceptors (Lipinski definition) is 5. The van der Waals surface area contributed by atoms with E-state index in [-0.39, 0.29) is 11.4 Å². The maximum Gasteiger partial charge on any atom is 0.259 e. The highest BCUT2D eigenvalue weighted by Gasteiger charge is 2.49. The Labute approximate surface area is 119 Å². The summed E-state index contributed by atoms with van der Waals surface area (Å²) < 4.78 is 18.2. The van der Waals surface area contributed by atoms with Crippen molar-refractivity contribution < 1.29 is 28.6 Å². The Kier molecular flexibility index (Phi) is 3.90. The summed E-state index contributed by atoms with van der Waals surface area (Å²) in [6.07, 6.45) is -1.73. The molecular weight excluding hydrogens is 283 g/mol. The minimum absolute atomic E-state index is 0.000104. The lowest BCUT2D eigenvalue weighted by Crippen LogP contribution is -2.35. The summed E-state index contributed by atoms with van der Waals surface area (Å²) in [5.74, 6) is -4.76. The normalized spacial score (nSPS) is 21.6. The maximum absolute atomic E-state index is 13.5. The van der Waals surface area contributed by atoms with Crippen LogP contribution in [0.2, 0.25) is 0 Å². The van der Waals surface area contributed by atoms with Gasteiger partial charge in [0.25, 0.3) is 5.91 Å². The molecule has 3 amide bonds. The van der Waals surface area contributed by atoms with E-state index >= 15 is 0 Å². The highest BCUT2D eigenvalue weighted by molar-refractivity contribution is 6.18. The van der Waals surface area contributed by atoms with Gasteiger partial charge in [-0.05, 0) is 12.1 Å². The minimum atomic E-state index is -1.73. The molecule has 1 aliphatic rings. The fourth-order valence-corrected chi connectivity index (χ4v) is 2.01. The van der Waals surface area contributed by atoms with Crippen molar-refractivity contribution in [2.24, 2.45) is 5.92 Å². The molecule has 2 rings (SSSR count). The van der Waals surface area contributed by atoms with Gasteiger partial charge in [0.1, 0.15) is 0 Å². The van der Waals surface area contributed by atoms with Gasteiger partial charge in [0.2, 0.25) is 11.8 Å². The molecule has 21 heavy (non-hydrogen) atoms. The number of likely N-dealkylation sites (tertiary alicyclic amines) is 1. The standard InChI is InChI=1S/C13H13FN2O5/c1-16-12(19)9(10(17)13(16)20)11(18)15-6-3-4-8(21-2)7(14)5-6/h3-5,9-10,17H,1-2H3,(H,15,18). The molecule has 1 saturated heterocycles. The van der Waals surface area contributed by atoms with E-state index in [1.807, 2.05) is 0 Å². The molecule has 7 nitrogen and oxygen atoms in total. The summed E-state index contributed by atoms with van der Waals surface area (Å²) >= 11 is 0. The van der Waals surface area contributed by atoms with Crippen LogP contribution < -0.4 is 10.1 Å². The first-order valence-corrected chi connectivity index (χ1v) is 6.00. The van der Waals surface area contributed by atoms with Crippen molar-refractivity contribution >= 4 is 23.4 Å². The van der Waals surface area contributed by atoms with Gasteiger partial charge < -0.3 is 15.2 Å². The summed E-state index contributed by atoms with van der Waals surface area (Å²) in [7, 11) is 2.47. The van der Waals surface area contributed by atoms with Crippen LogP contribution in [-0.4, -0.2) is 48.0 Å². The average Bonchev–Trinajstić information content (AvgIpc) is 2.63. The zero-order chi connectivity index (χ0) is 15.7. The first-order valence-electron chi connectivity index (χ1n) is 6.00. The summed E-state index contributed by atoms with van der Waals surface area (Å²) in [5.41, 5.74) is 0.0836. The Morgan fingerprint density at radius 3 is 2.52 bits per heavy atom. The fourth-order valence-electron chi connectivity index (χ4n) is 2.01. The number of carbonyl (C=O) groups is 3. The third kappa shape index (κ3) is 2.57. The van der Waals surface area contributed by atoms with Crippen molar-refractivity contribution in [2.75, 3.05) is 19.5 Å². The predicted molar refractivity (Wildman–Crippen MR) is 68.9 cm³/mol. The van der Waals surface area contributed by atoms with Gasteiger partial charge in [-0.2, -0.15) is 0 Å². The van der Waals surface area contributed by atoms with Gasteiger partial charge in [-0.1, -0.05) is 0 Å². The number of nitrogens with one attached hydrogen (secondary N) is 1. The molecule has 8 heteroatoms. The number of nitrogens with zero attached hydrogens (tertiary/aromatic N) is 1. The second kappa shape index (κ2) is 5.49. The SMILES string of the molecule is COc1ccc(NC(=O)C2C(=O)N(C)C(=O)C2O)cc1F. The van der Waals surface area contributed by atoms with Crippen molar-refractivity contribution in [1.82, 2.24) is 4.90 Å². The number of anilines is 1. The van der Waals surface area contributed by atoms with E-state index in [1.54, 1.807) is 0 Å². The molecule has 1 aromatic carbocycles. The van der Waals surface area contributed by atoms with Crippen molar-refractivity contribution in [1.29, 1.82) is 0 Å². The van der Waals surface area contributed by atoms with E-state index in [1.165, 1.54) is 26.3 Å². The van der Waals surface area contributed by atoms with Crippen LogP contribution in [-0.2, 0) is 14.4 Å². The third-order valence-corrected chi connectivity index (χ3v) is 3.20. The predicted octanol–water partition coefficient (Wildman–Crippen LogP) is -0.252. The van der Waals surface area contributed by atoms with E-state index in [4.69, 9.17) is 4.74 Å². The van der Waals surface area contributed by atoms with E-state index in [9.17, 15) is 23.9 Å². The lowest BCUT2D eigenvalue weighted by molar-refractivity contribution is -0.139. The van der Waals surface area contributed by atoms with Crippen LogP contribution in [0.25, 0.3) is 0 Å². The Hall–Kier alpha value is -2.48. The summed E-state index contributed by atoms with van der Waals surface area (Å²) in [6.45, 7) is 0. The largest absolute Gasteiger partial charge is 0.494 e. The highest BCUT2D eigenvalue weighted by Crippen LogP contribution is 2.23. The van der Waals surface area contributed by atoms with Crippen LogP contribution in [0.5, 0.6) is 5.75 Å². The van der Waals surface area contributed by atoms with Gasteiger partial charge in [-0.25, -0.2) is 4.39 Å². The molecule has 0 aromatic heterocycles. The number of amides is 3. The van der Waals surface area contributed by atoms with E-state index in [2.05, 4.69) is 5.32 Å². The molecule has 1 fully saturated rings. The molecule has 1 aromatic rings. The maximum atomic E-state index is 13.5. The van der Waals surface area contributed by atoms with Crippen molar-refractivity contribution in [3.8, 4) is 5.75 Å². The number of benzene rings is 1. The van der Waals surface area contributed by atoms with Crippen molar-refractivity contribution in [2.45, 2.75) is 6.10 Å². The molecule has 0 radical (unpaired) electrons. The van der Waals surface area contributed by atoms with E-state index in [0.717, 1.165) is 6.07 Å². The highest BCUT2D eigenvalue weighted by atomic mass is 19.1. The van der Waals surface area contributed by atoms with Gasteiger partial charge in [0.15, 0.2) is 23.6 Å². The number of imide groups is 1. The Morgan fingerprint density at radius 1 is 1.38 bits per heavy atom. The number of methoxy groups -OCH3 is 1. The number of likely N-dealkylation sites (N-methyl/N-ethyl adjacent to an activating group) is 1. The number of aliphatic hydroxyl groups excluding tert-OH is 1. The van der Waals surface area contributed by atoms with E-state index < -0.39 is 35.6 Å². The molecule has 1 aliphatic heterocycles. The molecular formula is C13H13FN2O5. The monoisotopic (exact) mass is 296 g/mol. The molecule has 1 heterocycles. The number of aliphatic hydroxyl groups is 1. The number of carbonyl (C=O) groups excluding carboxylic acids is 3. The number of hydrogen-bond donors (Lipinski definition) is 2. The zero-order valence-electron chi connectivity index (χ0n) is 11.3. The second-order valence-corrected chi connectivity index (χ2v) is 4.50. The van der Waals surface area contributed by atoms with Crippen LogP contribution in [0, 0.1) is 11.7 Å². The fraction of sp³-hybridized carbons (Fsp3) is 0.308. The molecule has 0 saturated carbocycles. The van der Waals surface area contributed by atoms with Crippen LogP contribution in [0.1, 0.15) is 0 Å². The lowest BCUT2D eigenvalue weighted by Gasteiger charge is -2.12. The topological polar surface area (TPSA) is 95.9 Å². The Bertz CT molecular complexity index is 619. The van der Waals surface area contributed by atoms with Crippen molar-refractivity contribution in [3.05, 3.63) is 24.0 Å². The van der Waals surface area contributed by atoms with E-state index in [0.29, 0.717) is 4.90 Å². The van der Waals surface area contributed by atoms with Gasteiger partial charge in [0.05, 0.1) is 7.11 Å². The first kappa shape index (κ1) is 14.9. The molecule has 2 N–H and O–H groups in total. The number of ether oxygens (including phenoxy) is 1. The van der Waals surface area contributed by atoms with Gasteiger partial charge in [-0.15, -0.1) is 0 Å². The van der Waals surface area contributed by atoms with Crippen LogP contribution >= 0.6 is 0 Å². The molecule has 112 valence electrons. The Balaban J connectivity index is 2.17. The van der Waals surface area contributed by atoms with Gasteiger partial charge in [-0.3, -0.25) is 19.3 Å². The molecule has 0 bridgehead atoms. The molecule has 0 spiro atoms. The third-order valence-electron chi connectivity index (χ3n) is 3.20. The second-order valence-electron chi connectivity index (χ2n) is 4.50. The number of rotatable bonds is 3. The van der Waals surface area contributed by atoms with Crippen LogP contribution in [0.4, 0.5) is 10.1 Å². The molecule has 2 atom stereocenters.